The predicted molar refractivity (Wildman–Crippen MR) is 98.7 cm³/mol. The molecule has 6 heteroatoms. The molecule has 3 rings (SSSR count). The number of para-hydroxylation sites is 1. The lowest BCUT2D eigenvalue weighted by molar-refractivity contribution is 0.259. The van der Waals surface area contributed by atoms with Crippen LogP contribution >= 0.6 is 23.4 Å². The van der Waals surface area contributed by atoms with E-state index in [1.807, 2.05) is 42.5 Å². The zero-order valence-electron chi connectivity index (χ0n) is 12.6. The number of nitrogens with one attached hydrogen (secondary N) is 1. The summed E-state index contributed by atoms with van der Waals surface area (Å²) in [6, 6.07) is 16.3. The molecule has 0 saturated carbocycles. The van der Waals surface area contributed by atoms with E-state index in [-0.39, 0.29) is 6.03 Å². The third-order valence-electron chi connectivity index (χ3n) is 3.29. The van der Waals surface area contributed by atoms with Crippen molar-refractivity contribution < 1.29 is 4.79 Å². The number of carbonyl (C=O) groups excluding carboxylic acids is 1. The number of thioether (sulfide) groups is 1. The van der Waals surface area contributed by atoms with E-state index >= 15 is 0 Å². The van der Waals surface area contributed by atoms with E-state index in [0.29, 0.717) is 22.0 Å². The topological polar surface area (TPSA) is 44.7 Å². The number of anilines is 2. The molecule has 23 heavy (non-hydrogen) atoms. The quantitative estimate of drug-likeness (QED) is 0.843. The highest BCUT2D eigenvalue weighted by Crippen LogP contribution is 2.28. The van der Waals surface area contributed by atoms with Crippen LogP contribution in [0.2, 0.25) is 5.02 Å². The van der Waals surface area contributed by atoms with Crippen molar-refractivity contribution in [2.75, 3.05) is 16.8 Å². The highest BCUT2D eigenvalue weighted by atomic mass is 35.5. The van der Waals surface area contributed by atoms with Crippen LogP contribution in [0.3, 0.4) is 0 Å². The first kappa shape index (κ1) is 15.9. The van der Waals surface area contributed by atoms with Gasteiger partial charge in [0.05, 0.1) is 12.2 Å². The summed E-state index contributed by atoms with van der Waals surface area (Å²) in [6.45, 7) is 2.80. The smallest absolute Gasteiger partial charge is 0.307 e. The number of amidine groups is 1. The minimum atomic E-state index is -0.237. The lowest BCUT2D eigenvalue weighted by Gasteiger charge is -2.23. The van der Waals surface area contributed by atoms with Gasteiger partial charge in [-0.1, -0.05) is 48.5 Å². The molecule has 0 spiro atoms. The summed E-state index contributed by atoms with van der Waals surface area (Å²) in [5.74, 6) is 0. The van der Waals surface area contributed by atoms with Crippen LogP contribution in [0, 0.1) is 0 Å². The van der Waals surface area contributed by atoms with Gasteiger partial charge in [-0.25, -0.2) is 9.69 Å². The SMILES string of the molecule is CC1CN=C(N(C(=O)Nc2ccccc2)c2ccc(Cl)cc2)S1. The molecule has 1 heterocycles. The molecule has 2 amide bonds. The van der Waals surface area contributed by atoms with E-state index < -0.39 is 0 Å². The number of amides is 2. The van der Waals surface area contributed by atoms with Crippen molar-refractivity contribution in [1.82, 2.24) is 0 Å². The van der Waals surface area contributed by atoms with Crippen LogP contribution in [0.15, 0.2) is 59.6 Å². The standard InChI is InChI=1S/C17H16ClN3OS/c1-12-11-19-17(23-12)21(15-9-7-13(18)8-10-15)16(22)20-14-5-3-2-4-6-14/h2-10,12H,11H2,1H3,(H,20,22). The summed E-state index contributed by atoms with van der Waals surface area (Å²) < 4.78 is 0. The van der Waals surface area contributed by atoms with Crippen LogP contribution in [0.5, 0.6) is 0 Å². The van der Waals surface area contributed by atoms with Crippen molar-refractivity contribution in [2.45, 2.75) is 12.2 Å². The number of rotatable bonds is 2. The largest absolute Gasteiger partial charge is 0.332 e. The van der Waals surface area contributed by atoms with Crippen molar-refractivity contribution in [1.29, 1.82) is 0 Å². The second-order valence-corrected chi connectivity index (χ2v) is 7.00. The fraction of sp³-hybridized carbons (Fsp3) is 0.176. The zero-order chi connectivity index (χ0) is 16.2. The van der Waals surface area contributed by atoms with Gasteiger partial charge < -0.3 is 5.32 Å². The van der Waals surface area contributed by atoms with Gasteiger partial charge in [-0.2, -0.15) is 0 Å². The van der Waals surface area contributed by atoms with Crippen LogP contribution in [-0.2, 0) is 0 Å². The van der Waals surface area contributed by atoms with Crippen molar-refractivity contribution in [3.8, 4) is 0 Å². The maximum Gasteiger partial charge on any atom is 0.332 e. The van der Waals surface area contributed by atoms with Crippen LogP contribution < -0.4 is 10.2 Å². The Morgan fingerprint density at radius 1 is 1.22 bits per heavy atom. The maximum absolute atomic E-state index is 12.8. The van der Waals surface area contributed by atoms with Crippen molar-refractivity contribution >= 4 is 45.9 Å². The van der Waals surface area contributed by atoms with Gasteiger partial charge in [-0.15, -0.1) is 0 Å². The Kier molecular flexibility index (Phi) is 4.88. The molecule has 0 aromatic heterocycles. The lowest BCUT2D eigenvalue weighted by Crippen LogP contribution is -2.38. The number of halogens is 1. The molecule has 1 unspecified atom stereocenters. The molecule has 0 radical (unpaired) electrons. The van der Waals surface area contributed by atoms with Crippen molar-refractivity contribution in [3.05, 3.63) is 59.6 Å². The molecule has 0 fully saturated rings. The molecule has 1 N–H and O–H groups in total. The van der Waals surface area contributed by atoms with Crippen LogP contribution in [0.1, 0.15) is 6.92 Å². The van der Waals surface area contributed by atoms with Crippen molar-refractivity contribution in [2.24, 2.45) is 4.99 Å². The molecule has 0 bridgehead atoms. The molecule has 4 nitrogen and oxygen atoms in total. The van der Waals surface area contributed by atoms with E-state index in [1.165, 1.54) is 0 Å². The number of hydrogen-bond acceptors (Lipinski definition) is 3. The molecule has 1 aliphatic rings. The highest BCUT2D eigenvalue weighted by molar-refractivity contribution is 8.15. The fourth-order valence-corrected chi connectivity index (χ4v) is 3.27. The normalized spacial score (nSPS) is 16.8. The Morgan fingerprint density at radius 3 is 2.52 bits per heavy atom. The summed E-state index contributed by atoms with van der Waals surface area (Å²) in [6.07, 6.45) is 0. The first-order chi connectivity index (χ1) is 11.1. The minimum Gasteiger partial charge on any atom is -0.307 e. The molecule has 2 aromatic rings. The maximum atomic E-state index is 12.8. The van der Waals surface area contributed by atoms with E-state index in [0.717, 1.165) is 11.4 Å². The number of aliphatic imine (C=N–C) groups is 1. The van der Waals surface area contributed by atoms with Crippen molar-refractivity contribution in [3.63, 3.8) is 0 Å². The summed E-state index contributed by atoms with van der Waals surface area (Å²) >= 11 is 7.55. The lowest BCUT2D eigenvalue weighted by atomic mass is 10.3. The van der Waals surface area contributed by atoms with Gasteiger partial charge >= 0.3 is 6.03 Å². The third kappa shape index (κ3) is 3.86. The Hall–Kier alpha value is -1.98. The monoisotopic (exact) mass is 345 g/mol. The van der Waals surface area contributed by atoms with Gasteiger partial charge in [0.2, 0.25) is 0 Å². The first-order valence-electron chi connectivity index (χ1n) is 7.26. The van der Waals surface area contributed by atoms with E-state index in [1.54, 1.807) is 28.8 Å². The highest BCUT2D eigenvalue weighted by Gasteiger charge is 2.27. The summed E-state index contributed by atoms with van der Waals surface area (Å²) in [5, 5.41) is 4.60. The first-order valence-corrected chi connectivity index (χ1v) is 8.52. The number of carbonyl (C=O) groups is 1. The second kappa shape index (κ2) is 7.06. The molecular formula is C17H16ClN3OS. The van der Waals surface area contributed by atoms with Gasteiger partial charge in [-0.05, 0) is 36.4 Å². The fourth-order valence-electron chi connectivity index (χ4n) is 2.19. The molecule has 1 atom stereocenters. The molecule has 2 aromatic carbocycles. The molecular weight excluding hydrogens is 330 g/mol. The van der Waals surface area contributed by atoms with Gasteiger partial charge in [0.15, 0.2) is 5.17 Å². The Labute approximate surface area is 144 Å². The number of hydrogen-bond donors (Lipinski definition) is 1. The van der Waals surface area contributed by atoms with Gasteiger partial charge in [0, 0.05) is 16.0 Å². The van der Waals surface area contributed by atoms with Gasteiger partial charge in [0.25, 0.3) is 0 Å². The van der Waals surface area contributed by atoms with Crippen LogP contribution in [0.25, 0.3) is 0 Å². The number of benzene rings is 2. The number of urea groups is 1. The Balaban J connectivity index is 1.88. The van der Waals surface area contributed by atoms with E-state index in [4.69, 9.17) is 11.6 Å². The Morgan fingerprint density at radius 2 is 1.91 bits per heavy atom. The average molecular weight is 346 g/mol. The van der Waals surface area contributed by atoms with E-state index in [9.17, 15) is 4.79 Å². The molecule has 0 saturated heterocycles. The summed E-state index contributed by atoms with van der Waals surface area (Å²) in [7, 11) is 0. The van der Waals surface area contributed by atoms with Gasteiger partial charge in [0.1, 0.15) is 0 Å². The van der Waals surface area contributed by atoms with E-state index in [2.05, 4.69) is 17.2 Å². The molecule has 1 aliphatic heterocycles. The third-order valence-corrected chi connectivity index (χ3v) is 4.62. The summed E-state index contributed by atoms with van der Waals surface area (Å²) in [4.78, 5) is 18.9. The molecule has 0 aliphatic carbocycles. The summed E-state index contributed by atoms with van der Waals surface area (Å²) in [5.41, 5.74) is 1.48. The van der Waals surface area contributed by atoms with Crippen LogP contribution in [-0.4, -0.2) is 23.0 Å². The van der Waals surface area contributed by atoms with Crippen LogP contribution in [0.4, 0.5) is 16.2 Å². The predicted octanol–water partition coefficient (Wildman–Crippen LogP) is 4.87. The second-order valence-electron chi connectivity index (χ2n) is 5.16. The van der Waals surface area contributed by atoms with Gasteiger partial charge in [-0.3, -0.25) is 4.99 Å². The zero-order valence-corrected chi connectivity index (χ0v) is 14.1. The minimum absolute atomic E-state index is 0.237. The Bertz CT molecular complexity index is 718. The average Bonchev–Trinajstić information content (AvgIpc) is 2.96. The molecule has 118 valence electrons. The number of nitrogens with zero attached hydrogens (tertiary/aromatic N) is 2.